The number of nitrogens with zero attached hydrogens (tertiary/aromatic N) is 6. The van der Waals surface area contributed by atoms with Gasteiger partial charge in [0.2, 0.25) is 0 Å². The van der Waals surface area contributed by atoms with Gasteiger partial charge in [0.1, 0.15) is 23.0 Å². The Morgan fingerprint density at radius 2 is 1.78 bits per heavy atom. The number of sulfone groups is 1. The summed E-state index contributed by atoms with van der Waals surface area (Å²) in [6, 6.07) is 1.88. The van der Waals surface area contributed by atoms with Gasteiger partial charge in [-0.1, -0.05) is 6.92 Å². The Morgan fingerprint density at radius 1 is 1.06 bits per heavy atom. The van der Waals surface area contributed by atoms with Crippen LogP contribution in [0.5, 0.6) is 0 Å². The van der Waals surface area contributed by atoms with Gasteiger partial charge in [0, 0.05) is 26.5 Å². The number of fused-ring (bicyclic) bond motifs is 1. The first-order chi connectivity index (χ1) is 15.0. The number of aryl methyl sites for hydroxylation is 1. The molecule has 4 rings (SSSR count). The molecule has 0 saturated heterocycles. The molecule has 0 saturated carbocycles. The molecule has 4 aromatic heterocycles. The van der Waals surface area contributed by atoms with Crippen molar-refractivity contribution >= 4 is 20.9 Å². The van der Waals surface area contributed by atoms with E-state index in [4.69, 9.17) is 0 Å². The van der Waals surface area contributed by atoms with E-state index in [1.807, 2.05) is 0 Å². The van der Waals surface area contributed by atoms with E-state index in [2.05, 4.69) is 19.9 Å². The molecule has 8 nitrogen and oxygen atoms in total. The van der Waals surface area contributed by atoms with Crippen molar-refractivity contribution in [2.45, 2.75) is 18.1 Å². The van der Waals surface area contributed by atoms with Crippen molar-refractivity contribution in [1.82, 2.24) is 29.1 Å². The number of aromatic nitrogens is 6. The molecule has 0 fully saturated rings. The topological polar surface area (TPSA) is 95.6 Å². The fourth-order valence-electron chi connectivity index (χ4n) is 3.36. The Balaban J connectivity index is 2.03. The lowest BCUT2D eigenvalue weighted by Crippen LogP contribution is -2.11. The summed E-state index contributed by atoms with van der Waals surface area (Å²) in [7, 11) is -0.974. The monoisotopic (exact) mass is 468 g/mol. The highest BCUT2D eigenvalue weighted by molar-refractivity contribution is 7.91. The van der Waals surface area contributed by atoms with E-state index in [-0.39, 0.29) is 44.7 Å². The van der Waals surface area contributed by atoms with Gasteiger partial charge in [-0.05, 0) is 12.1 Å². The Kier molecular flexibility index (Phi) is 5.03. The highest BCUT2D eigenvalue weighted by Crippen LogP contribution is 2.35. The molecule has 0 aromatic carbocycles. The molecule has 0 atom stereocenters. The summed E-state index contributed by atoms with van der Waals surface area (Å²) >= 11 is 0. The largest absolute Gasteiger partial charge is 0.433 e. The molecule has 0 spiro atoms. The molecule has 13 heteroatoms. The third-order valence-electron chi connectivity index (χ3n) is 5.00. The van der Waals surface area contributed by atoms with Gasteiger partial charge in [0.15, 0.2) is 20.7 Å². The van der Waals surface area contributed by atoms with Crippen molar-refractivity contribution in [3.05, 3.63) is 42.2 Å². The summed E-state index contributed by atoms with van der Waals surface area (Å²) < 4.78 is 82.0. The van der Waals surface area contributed by atoms with Crippen LogP contribution in [0.15, 0.2) is 35.7 Å². The van der Waals surface area contributed by atoms with Crippen LogP contribution in [0.25, 0.3) is 33.9 Å². The van der Waals surface area contributed by atoms with Crippen molar-refractivity contribution in [1.29, 1.82) is 0 Å². The number of halogens is 4. The molecule has 0 N–H and O–H groups in total. The molecule has 0 aliphatic heterocycles. The van der Waals surface area contributed by atoms with Gasteiger partial charge in [-0.15, -0.1) is 0 Å². The average molecular weight is 468 g/mol. The van der Waals surface area contributed by atoms with Gasteiger partial charge < -0.3 is 9.13 Å². The lowest BCUT2D eigenvalue weighted by atomic mass is 10.2. The molecule has 168 valence electrons. The van der Waals surface area contributed by atoms with E-state index in [1.165, 1.54) is 42.5 Å². The number of pyridine rings is 2. The molecule has 0 amide bonds. The van der Waals surface area contributed by atoms with Crippen molar-refractivity contribution < 1.29 is 26.0 Å². The number of alkyl halides is 3. The standard InChI is InChI=1S/C19H16F4N6O2S/c1-4-32(30,31)18-15(27-16(29(18)3)10-8-24-6-5-11(10)20)17-26-12-7-14(19(21,22)23)25-9-13(12)28(17)2/h5-9H,4H2,1-3H3. The quantitative estimate of drug-likeness (QED) is 0.426. The van der Waals surface area contributed by atoms with Crippen molar-refractivity contribution in [3.8, 4) is 22.9 Å². The minimum absolute atomic E-state index is 0.000650. The predicted octanol–water partition coefficient (Wildman–Crippen LogP) is 3.38. The van der Waals surface area contributed by atoms with Crippen LogP contribution >= 0.6 is 0 Å². The maximum absolute atomic E-state index is 14.4. The smallest absolute Gasteiger partial charge is 0.324 e. The van der Waals surface area contributed by atoms with Gasteiger partial charge in [0.05, 0.1) is 28.5 Å². The zero-order chi connectivity index (χ0) is 23.4. The summed E-state index contributed by atoms with van der Waals surface area (Å²) in [5.41, 5.74) is -1.07. The highest BCUT2D eigenvalue weighted by atomic mass is 32.2. The van der Waals surface area contributed by atoms with Gasteiger partial charge >= 0.3 is 6.18 Å². The van der Waals surface area contributed by atoms with Crippen molar-refractivity contribution in [2.24, 2.45) is 14.1 Å². The fraction of sp³-hybridized carbons (Fsp3) is 0.263. The van der Waals surface area contributed by atoms with E-state index in [0.717, 1.165) is 18.3 Å². The highest BCUT2D eigenvalue weighted by Gasteiger charge is 2.34. The first kappa shape index (κ1) is 21.9. The molecule has 0 aliphatic rings. The summed E-state index contributed by atoms with van der Waals surface area (Å²) in [6.45, 7) is 1.44. The number of imidazole rings is 2. The molecule has 0 aliphatic carbocycles. The van der Waals surface area contributed by atoms with Crippen LogP contribution in [-0.4, -0.2) is 43.2 Å². The van der Waals surface area contributed by atoms with Crippen molar-refractivity contribution in [2.75, 3.05) is 5.75 Å². The van der Waals surface area contributed by atoms with E-state index in [0.29, 0.717) is 0 Å². The third-order valence-corrected chi connectivity index (χ3v) is 6.81. The van der Waals surface area contributed by atoms with Crippen LogP contribution in [0.4, 0.5) is 17.6 Å². The molecular formula is C19H16F4N6O2S. The summed E-state index contributed by atoms with van der Waals surface area (Å²) in [4.78, 5) is 15.8. The number of hydrogen-bond donors (Lipinski definition) is 0. The zero-order valence-corrected chi connectivity index (χ0v) is 17.8. The Labute approximate surface area is 179 Å². The minimum atomic E-state index is -4.67. The Bertz CT molecular complexity index is 1460. The predicted molar refractivity (Wildman–Crippen MR) is 107 cm³/mol. The minimum Gasteiger partial charge on any atom is -0.324 e. The first-order valence-electron chi connectivity index (χ1n) is 9.25. The van der Waals surface area contributed by atoms with Crippen LogP contribution in [-0.2, 0) is 30.1 Å². The van der Waals surface area contributed by atoms with Gasteiger partial charge in [-0.3, -0.25) is 4.98 Å². The maximum Gasteiger partial charge on any atom is 0.433 e. The molecule has 0 bridgehead atoms. The fourth-order valence-corrected chi connectivity index (χ4v) is 4.57. The maximum atomic E-state index is 14.4. The SMILES string of the molecule is CCS(=O)(=O)c1c(-c2nc3cc(C(F)(F)F)ncc3n2C)nc(-c2cnccc2F)n1C. The third kappa shape index (κ3) is 3.42. The molecule has 4 heterocycles. The van der Waals surface area contributed by atoms with Crippen molar-refractivity contribution in [3.63, 3.8) is 0 Å². The van der Waals surface area contributed by atoms with E-state index < -0.39 is 27.5 Å². The van der Waals surface area contributed by atoms with E-state index >= 15 is 0 Å². The summed E-state index contributed by atoms with van der Waals surface area (Å²) in [6.07, 6.45) is -1.22. The Hall–Kier alpha value is -3.35. The van der Waals surface area contributed by atoms with E-state index in [1.54, 1.807) is 0 Å². The zero-order valence-electron chi connectivity index (χ0n) is 17.0. The normalized spacial score (nSPS) is 12.6. The summed E-state index contributed by atoms with van der Waals surface area (Å²) in [5, 5.41) is -0.235. The molecule has 4 aromatic rings. The van der Waals surface area contributed by atoms with Crippen LogP contribution in [0.1, 0.15) is 12.6 Å². The number of rotatable bonds is 4. The average Bonchev–Trinajstić information content (AvgIpc) is 3.25. The van der Waals surface area contributed by atoms with Crippen LogP contribution in [0.2, 0.25) is 0 Å². The lowest BCUT2D eigenvalue weighted by Gasteiger charge is -2.07. The summed E-state index contributed by atoms with van der Waals surface area (Å²) in [5.74, 6) is -0.958. The second kappa shape index (κ2) is 7.36. The van der Waals surface area contributed by atoms with Gasteiger partial charge in [0.25, 0.3) is 0 Å². The second-order valence-corrected chi connectivity index (χ2v) is 9.15. The molecular weight excluding hydrogens is 452 g/mol. The Morgan fingerprint density at radius 3 is 2.41 bits per heavy atom. The molecule has 0 unspecified atom stereocenters. The second-order valence-electron chi connectivity index (χ2n) is 6.96. The van der Waals surface area contributed by atoms with Crippen LogP contribution in [0, 0.1) is 5.82 Å². The van der Waals surface area contributed by atoms with Gasteiger partial charge in [-0.25, -0.2) is 27.8 Å². The molecule has 32 heavy (non-hydrogen) atoms. The van der Waals surface area contributed by atoms with Crippen LogP contribution in [0.3, 0.4) is 0 Å². The molecule has 0 radical (unpaired) electrons. The van der Waals surface area contributed by atoms with Gasteiger partial charge in [-0.2, -0.15) is 13.2 Å². The van der Waals surface area contributed by atoms with E-state index in [9.17, 15) is 26.0 Å². The number of hydrogen-bond acceptors (Lipinski definition) is 6. The first-order valence-corrected chi connectivity index (χ1v) is 10.9. The van der Waals surface area contributed by atoms with Crippen LogP contribution < -0.4 is 0 Å². The lowest BCUT2D eigenvalue weighted by molar-refractivity contribution is -0.141.